The topological polar surface area (TPSA) is 85.6 Å². The summed E-state index contributed by atoms with van der Waals surface area (Å²) < 4.78 is 6.23. The van der Waals surface area contributed by atoms with Crippen LogP contribution in [0.2, 0.25) is 0 Å². The summed E-state index contributed by atoms with van der Waals surface area (Å²) in [6, 6.07) is 6.63. The highest BCUT2D eigenvalue weighted by atomic mass is 16.5. The first-order valence-electron chi connectivity index (χ1n) is 7.05. The maximum absolute atomic E-state index is 11.5. The van der Waals surface area contributed by atoms with Gasteiger partial charge in [-0.1, -0.05) is 19.1 Å². The molecule has 1 N–H and O–H groups in total. The molecule has 120 valence electrons. The van der Waals surface area contributed by atoms with Gasteiger partial charge >= 0.3 is 11.9 Å². The van der Waals surface area contributed by atoms with Crippen LogP contribution in [0.25, 0.3) is 11.3 Å². The fourth-order valence-electron chi connectivity index (χ4n) is 2.73. The molecule has 2 aromatic rings. The quantitative estimate of drug-likeness (QED) is 0.677. The Morgan fingerprint density at radius 2 is 1.87 bits per heavy atom. The van der Waals surface area contributed by atoms with E-state index < -0.39 is 11.9 Å². The van der Waals surface area contributed by atoms with E-state index in [0.29, 0.717) is 29.5 Å². The Bertz CT molecular complexity index is 771. The third-order valence-electron chi connectivity index (χ3n) is 3.80. The predicted molar refractivity (Wildman–Crippen MR) is 83.9 cm³/mol. The molecule has 1 aromatic carbocycles. The van der Waals surface area contributed by atoms with Crippen molar-refractivity contribution in [3.63, 3.8) is 0 Å². The molecule has 0 bridgehead atoms. The summed E-state index contributed by atoms with van der Waals surface area (Å²) in [5.41, 5.74) is 2.53. The van der Waals surface area contributed by atoms with Gasteiger partial charge in [-0.2, -0.15) is 0 Å². The fourth-order valence-corrected chi connectivity index (χ4v) is 2.73. The highest BCUT2D eigenvalue weighted by molar-refractivity contribution is 6.00. The van der Waals surface area contributed by atoms with Crippen molar-refractivity contribution in [2.75, 3.05) is 7.11 Å². The molecule has 0 aliphatic rings. The van der Waals surface area contributed by atoms with Crippen molar-refractivity contribution in [1.29, 1.82) is 0 Å². The van der Waals surface area contributed by atoms with Crippen LogP contribution < -0.4 is 0 Å². The molecule has 0 fully saturated rings. The number of aromatic nitrogens is 1. The zero-order chi connectivity index (χ0) is 17.1. The lowest BCUT2D eigenvalue weighted by Gasteiger charge is -2.08. The summed E-state index contributed by atoms with van der Waals surface area (Å²) in [6.07, 6.45) is 1.02. The Kier molecular flexibility index (Phi) is 4.64. The molecule has 23 heavy (non-hydrogen) atoms. The van der Waals surface area contributed by atoms with Crippen molar-refractivity contribution in [3.8, 4) is 11.3 Å². The van der Waals surface area contributed by atoms with E-state index in [9.17, 15) is 19.5 Å². The van der Waals surface area contributed by atoms with Crippen molar-refractivity contribution < 1.29 is 24.2 Å². The minimum absolute atomic E-state index is 0.0250. The van der Waals surface area contributed by atoms with Crippen LogP contribution in [-0.4, -0.2) is 35.0 Å². The average molecular weight is 315 g/mol. The van der Waals surface area contributed by atoms with Gasteiger partial charge in [0, 0.05) is 7.05 Å². The first-order valence-corrected chi connectivity index (χ1v) is 7.05. The lowest BCUT2D eigenvalue weighted by atomic mass is 10.0. The van der Waals surface area contributed by atoms with E-state index in [2.05, 4.69) is 4.74 Å². The lowest BCUT2D eigenvalue weighted by Crippen LogP contribution is -2.04. The molecule has 1 aromatic heterocycles. The fraction of sp³-hybridized carbons (Fsp3) is 0.235. The van der Waals surface area contributed by atoms with Gasteiger partial charge in [-0.3, -0.25) is 4.79 Å². The van der Waals surface area contributed by atoms with Gasteiger partial charge in [-0.15, -0.1) is 0 Å². The van der Waals surface area contributed by atoms with E-state index in [-0.39, 0.29) is 11.3 Å². The smallest absolute Gasteiger partial charge is 0.338 e. The van der Waals surface area contributed by atoms with Crippen LogP contribution in [-0.2, 0) is 18.2 Å². The molecular weight excluding hydrogens is 298 g/mol. The summed E-state index contributed by atoms with van der Waals surface area (Å²) in [4.78, 5) is 34.3. The van der Waals surface area contributed by atoms with E-state index in [0.717, 1.165) is 5.56 Å². The van der Waals surface area contributed by atoms with Crippen LogP contribution in [0.3, 0.4) is 0 Å². The van der Waals surface area contributed by atoms with E-state index in [1.807, 2.05) is 6.92 Å². The molecule has 0 aliphatic heterocycles. The summed E-state index contributed by atoms with van der Waals surface area (Å²) in [5, 5.41) is 9.41. The number of rotatable bonds is 5. The highest BCUT2D eigenvalue weighted by Crippen LogP contribution is 2.31. The van der Waals surface area contributed by atoms with Gasteiger partial charge in [0.15, 0.2) is 6.29 Å². The van der Waals surface area contributed by atoms with Gasteiger partial charge in [0.2, 0.25) is 0 Å². The van der Waals surface area contributed by atoms with Crippen LogP contribution >= 0.6 is 0 Å². The molecule has 0 amide bonds. The van der Waals surface area contributed by atoms with E-state index in [1.54, 1.807) is 35.9 Å². The number of carbonyl (C=O) groups is 3. The van der Waals surface area contributed by atoms with E-state index >= 15 is 0 Å². The van der Waals surface area contributed by atoms with Crippen molar-refractivity contribution in [2.45, 2.75) is 13.3 Å². The number of carboxylic acid groups (broad SMARTS) is 1. The highest BCUT2D eigenvalue weighted by Gasteiger charge is 2.25. The molecule has 0 aliphatic carbocycles. The SMILES string of the molecule is CCc1c(C(=O)O)c(C=O)n(C)c1-c1ccc(C(=O)OC)cc1. The molecule has 6 nitrogen and oxygen atoms in total. The monoisotopic (exact) mass is 315 g/mol. The van der Waals surface area contributed by atoms with Crippen LogP contribution in [0.1, 0.15) is 43.7 Å². The van der Waals surface area contributed by atoms with Crippen molar-refractivity contribution in [3.05, 3.63) is 46.6 Å². The Labute approximate surface area is 133 Å². The number of methoxy groups -OCH3 is 1. The van der Waals surface area contributed by atoms with E-state index in [1.165, 1.54) is 7.11 Å². The Morgan fingerprint density at radius 3 is 2.30 bits per heavy atom. The molecule has 2 rings (SSSR count). The Hall–Kier alpha value is -2.89. The van der Waals surface area contributed by atoms with Crippen LogP contribution in [0, 0.1) is 0 Å². The van der Waals surface area contributed by atoms with Gasteiger partial charge in [-0.05, 0) is 29.7 Å². The molecular formula is C17H17NO5. The Balaban J connectivity index is 2.66. The minimum Gasteiger partial charge on any atom is -0.478 e. The van der Waals surface area contributed by atoms with Crippen molar-refractivity contribution >= 4 is 18.2 Å². The standard InChI is InChI=1S/C17H17NO5/c1-4-12-14(16(20)21)13(9-19)18(2)15(12)10-5-7-11(8-6-10)17(22)23-3/h5-9H,4H2,1-3H3,(H,20,21). The van der Waals surface area contributed by atoms with Crippen molar-refractivity contribution in [1.82, 2.24) is 4.57 Å². The second kappa shape index (κ2) is 6.48. The minimum atomic E-state index is -1.13. The molecule has 0 atom stereocenters. The van der Waals surface area contributed by atoms with Gasteiger partial charge in [0.25, 0.3) is 0 Å². The number of aromatic carboxylic acids is 1. The number of aldehydes is 1. The third-order valence-corrected chi connectivity index (χ3v) is 3.80. The maximum atomic E-state index is 11.5. The number of hydrogen-bond acceptors (Lipinski definition) is 4. The number of nitrogens with zero attached hydrogens (tertiary/aromatic N) is 1. The molecule has 0 radical (unpaired) electrons. The van der Waals surface area contributed by atoms with Crippen LogP contribution in [0.5, 0.6) is 0 Å². The summed E-state index contributed by atoms with van der Waals surface area (Å²) in [6.45, 7) is 1.84. The molecule has 0 saturated carbocycles. The predicted octanol–water partition coefficient (Wildman–Crippen LogP) is 2.55. The molecule has 1 heterocycles. The number of esters is 1. The molecule has 6 heteroatoms. The Morgan fingerprint density at radius 1 is 1.26 bits per heavy atom. The number of hydrogen-bond donors (Lipinski definition) is 1. The molecule has 0 saturated heterocycles. The molecule has 0 spiro atoms. The summed E-state index contributed by atoms with van der Waals surface area (Å²) in [7, 11) is 2.96. The second-order valence-electron chi connectivity index (χ2n) is 4.99. The number of ether oxygens (including phenoxy) is 1. The molecule has 0 unspecified atom stereocenters. The normalized spacial score (nSPS) is 10.4. The van der Waals surface area contributed by atoms with Gasteiger partial charge < -0.3 is 14.4 Å². The van der Waals surface area contributed by atoms with Crippen molar-refractivity contribution in [2.24, 2.45) is 7.05 Å². The first kappa shape index (κ1) is 16.5. The van der Waals surface area contributed by atoms with Crippen LogP contribution in [0.15, 0.2) is 24.3 Å². The zero-order valence-corrected chi connectivity index (χ0v) is 13.1. The summed E-state index contributed by atoms with van der Waals surface area (Å²) in [5.74, 6) is -1.57. The van der Waals surface area contributed by atoms with Crippen LogP contribution in [0.4, 0.5) is 0 Å². The average Bonchev–Trinajstić information content (AvgIpc) is 2.86. The van der Waals surface area contributed by atoms with Gasteiger partial charge in [-0.25, -0.2) is 9.59 Å². The number of benzene rings is 1. The second-order valence-corrected chi connectivity index (χ2v) is 4.99. The van der Waals surface area contributed by atoms with Gasteiger partial charge in [0.1, 0.15) is 0 Å². The van der Waals surface area contributed by atoms with E-state index in [4.69, 9.17) is 0 Å². The van der Waals surface area contributed by atoms with Gasteiger partial charge in [0.05, 0.1) is 29.6 Å². The lowest BCUT2D eigenvalue weighted by molar-refractivity contribution is 0.0599. The first-order chi connectivity index (χ1) is 11.0. The summed E-state index contributed by atoms with van der Waals surface area (Å²) >= 11 is 0. The number of carbonyl (C=O) groups excluding carboxylic acids is 2. The largest absolute Gasteiger partial charge is 0.478 e. The zero-order valence-electron chi connectivity index (χ0n) is 13.1. The maximum Gasteiger partial charge on any atom is 0.338 e. The number of carboxylic acids is 1. The third kappa shape index (κ3) is 2.75.